The van der Waals surface area contributed by atoms with Crippen molar-refractivity contribution in [2.45, 2.75) is 6.92 Å². The molecule has 0 fully saturated rings. The minimum Gasteiger partial charge on any atom is -0.398 e. The summed E-state index contributed by atoms with van der Waals surface area (Å²) in [5, 5.41) is 8.10. The molecule has 0 aliphatic rings. The number of nitrogens with one attached hydrogen (secondary N) is 1. The maximum absolute atomic E-state index is 8.10. The maximum Gasteiger partial charge on any atom is 0.0706 e. The van der Waals surface area contributed by atoms with E-state index in [2.05, 4.69) is 4.98 Å². The van der Waals surface area contributed by atoms with E-state index in [1.165, 1.54) is 0 Å². The molecule has 0 aliphatic carbocycles. The number of rotatable bonds is 2. The van der Waals surface area contributed by atoms with Crippen LogP contribution in [0.3, 0.4) is 0 Å². The number of hydrogen-bond acceptors (Lipinski definition) is 3. The molecule has 0 spiro atoms. The van der Waals surface area contributed by atoms with Crippen molar-refractivity contribution in [3.8, 4) is 0 Å². The Hall–Kier alpha value is -2.16. The monoisotopic (exact) mass is 211 g/mol. The summed E-state index contributed by atoms with van der Waals surface area (Å²) in [5.74, 6) is 0. The van der Waals surface area contributed by atoms with Gasteiger partial charge in [-0.3, -0.25) is 10.4 Å². The van der Waals surface area contributed by atoms with E-state index in [0.717, 1.165) is 16.7 Å². The largest absolute Gasteiger partial charge is 0.398 e. The van der Waals surface area contributed by atoms with Gasteiger partial charge in [0.25, 0.3) is 0 Å². The fraction of sp³-hybridized carbons (Fsp3) is 0.0769. The van der Waals surface area contributed by atoms with Crippen LogP contribution in [0.1, 0.15) is 16.7 Å². The summed E-state index contributed by atoms with van der Waals surface area (Å²) in [4.78, 5) is 3.93. The van der Waals surface area contributed by atoms with Crippen LogP contribution in [0.2, 0.25) is 0 Å². The van der Waals surface area contributed by atoms with Crippen LogP contribution < -0.4 is 5.73 Å². The van der Waals surface area contributed by atoms with Crippen molar-refractivity contribution in [1.82, 2.24) is 4.98 Å². The maximum atomic E-state index is 8.10. The molecular weight excluding hydrogens is 198 g/mol. The molecule has 3 nitrogen and oxygen atoms in total. The molecule has 2 rings (SSSR count). The lowest BCUT2D eigenvalue weighted by molar-refractivity contribution is 1.31. The zero-order valence-corrected chi connectivity index (χ0v) is 9.07. The molecule has 0 radical (unpaired) electrons. The lowest BCUT2D eigenvalue weighted by Crippen LogP contribution is -2.05. The van der Waals surface area contributed by atoms with Gasteiger partial charge >= 0.3 is 0 Å². The number of benzene rings is 1. The lowest BCUT2D eigenvalue weighted by Gasteiger charge is -2.08. The highest BCUT2D eigenvalue weighted by atomic mass is 14.6. The highest BCUT2D eigenvalue weighted by Gasteiger charge is 2.07. The molecule has 0 bridgehead atoms. The Kier molecular flexibility index (Phi) is 2.68. The summed E-state index contributed by atoms with van der Waals surface area (Å²) < 4.78 is 0. The first-order chi connectivity index (χ1) is 7.68. The van der Waals surface area contributed by atoms with E-state index in [1.54, 1.807) is 12.4 Å². The van der Waals surface area contributed by atoms with Crippen LogP contribution in [0.25, 0.3) is 0 Å². The molecule has 0 saturated carbocycles. The molecule has 0 atom stereocenters. The van der Waals surface area contributed by atoms with Gasteiger partial charge in [0.2, 0.25) is 0 Å². The predicted octanol–water partition coefficient (Wildman–Crippen LogP) is 2.39. The average Bonchev–Trinajstić information content (AvgIpc) is 2.32. The van der Waals surface area contributed by atoms with Gasteiger partial charge in [-0.1, -0.05) is 11.6 Å². The van der Waals surface area contributed by atoms with Crippen molar-refractivity contribution < 1.29 is 0 Å². The fourth-order valence-corrected chi connectivity index (χ4v) is 1.56. The molecule has 0 unspecified atom stereocenters. The zero-order chi connectivity index (χ0) is 11.5. The van der Waals surface area contributed by atoms with Crippen molar-refractivity contribution in [2.24, 2.45) is 0 Å². The second kappa shape index (κ2) is 4.14. The van der Waals surface area contributed by atoms with Crippen LogP contribution >= 0.6 is 0 Å². The number of aryl methyl sites for hydroxylation is 1. The van der Waals surface area contributed by atoms with Crippen LogP contribution in [0.5, 0.6) is 0 Å². The number of nitrogen functional groups attached to an aromatic ring is 1. The second-order valence-electron chi connectivity index (χ2n) is 3.70. The SMILES string of the molecule is Cc1ccc(N)c(C(=N)c2ccncc2)c1. The van der Waals surface area contributed by atoms with Crippen molar-refractivity contribution in [2.75, 3.05) is 5.73 Å². The standard InChI is InChI=1S/C13H13N3/c1-9-2-3-12(14)11(8-9)13(15)10-4-6-16-7-5-10/h2-8,15H,14H2,1H3. The van der Waals surface area contributed by atoms with Crippen LogP contribution in [-0.2, 0) is 0 Å². The minimum absolute atomic E-state index is 0.434. The minimum atomic E-state index is 0.434. The molecule has 2 aromatic rings. The van der Waals surface area contributed by atoms with E-state index in [-0.39, 0.29) is 0 Å². The van der Waals surface area contributed by atoms with Crippen molar-refractivity contribution >= 4 is 11.4 Å². The van der Waals surface area contributed by atoms with Gasteiger partial charge in [0.05, 0.1) is 5.71 Å². The summed E-state index contributed by atoms with van der Waals surface area (Å²) in [6.07, 6.45) is 3.35. The molecule has 16 heavy (non-hydrogen) atoms. The molecule has 1 heterocycles. The van der Waals surface area contributed by atoms with E-state index in [4.69, 9.17) is 11.1 Å². The van der Waals surface area contributed by atoms with Gasteiger partial charge in [-0.25, -0.2) is 0 Å². The Balaban J connectivity index is 2.46. The molecule has 3 N–H and O–H groups in total. The smallest absolute Gasteiger partial charge is 0.0706 e. The third-order valence-electron chi connectivity index (χ3n) is 2.45. The molecule has 0 aliphatic heterocycles. The Morgan fingerprint density at radius 1 is 1.19 bits per heavy atom. The Morgan fingerprint density at radius 3 is 2.56 bits per heavy atom. The molecule has 3 heteroatoms. The van der Waals surface area contributed by atoms with Crippen molar-refractivity contribution in [1.29, 1.82) is 5.41 Å². The van der Waals surface area contributed by atoms with E-state index >= 15 is 0 Å². The highest BCUT2D eigenvalue weighted by Crippen LogP contribution is 2.17. The summed E-state index contributed by atoms with van der Waals surface area (Å²) in [5.41, 5.74) is 9.63. The van der Waals surface area contributed by atoms with Gasteiger partial charge in [-0.2, -0.15) is 0 Å². The zero-order valence-electron chi connectivity index (χ0n) is 9.07. The number of anilines is 1. The van der Waals surface area contributed by atoms with Crippen molar-refractivity contribution in [3.05, 3.63) is 59.4 Å². The Bertz CT molecular complexity index is 518. The second-order valence-corrected chi connectivity index (χ2v) is 3.70. The third-order valence-corrected chi connectivity index (χ3v) is 2.45. The van der Waals surface area contributed by atoms with Gasteiger partial charge in [-0.15, -0.1) is 0 Å². The van der Waals surface area contributed by atoms with Gasteiger partial charge in [0.1, 0.15) is 0 Å². The molecule has 1 aromatic heterocycles. The quantitative estimate of drug-likeness (QED) is 0.591. The van der Waals surface area contributed by atoms with Crippen LogP contribution in [0, 0.1) is 12.3 Å². The van der Waals surface area contributed by atoms with E-state index < -0.39 is 0 Å². The summed E-state index contributed by atoms with van der Waals surface area (Å²) in [7, 11) is 0. The van der Waals surface area contributed by atoms with Gasteiger partial charge in [0.15, 0.2) is 0 Å². The Labute approximate surface area is 94.5 Å². The molecule has 80 valence electrons. The number of pyridine rings is 1. The first-order valence-corrected chi connectivity index (χ1v) is 5.04. The van der Waals surface area contributed by atoms with Gasteiger partial charge in [0, 0.05) is 29.2 Å². The molecular formula is C13H13N3. The highest BCUT2D eigenvalue weighted by molar-refractivity contribution is 6.13. The summed E-state index contributed by atoms with van der Waals surface area (Å²) in [6.45, 7) is 1.99. The molecule has 0 saturated heterocycles. The number of hydrogen-bond donors (Lipinski definition) is 2. The van der Waals surface area contributed by atoms with E-state index in [1.807, 2.05) is 37.3 Å². The number of nitrogens with two attached hydrogens (primary N) is 1. The first-order valence-electron chi connectivity index (χ1n) is 5.04. The van der Waals surface area contributed by atoms with Gasteiger partial charge in [-0.05, 0) is 31.2 Å². The lowest BCUT2D eigenvalue weighted by atomic mass is 10.00. The van der Waals surface area contributed by atoms with E-state index in [9.17, 15) is 0 Å². The predicted molar refractivity (Wildman–Crippen MR) is 65.8 cm³/mol. The van der Waals surface area contributed by atoms with Gasteiger partial charge < -0.3 is 5.73 Å². The Morgan fingerprint density at radius 2 is 1.88 bits per heavy atom. The summed E-state index contributed by atoms with van der Waals surface area (Å²) >= 11 is 0. The van der Waals surface area contributed by atoms with Crippen LogP contribution in [0.15, 0.2) is 42.7 Å². The normalized spacial score (nSPS) is 10.1. The summed E-state index contributed by atoms with van der Waals surface area (Å²) in [6, 6.07) is 9.32. The van der Waals surface area contributed by atoms with Crippen LogP contribution in [-0.4, -0.2) is 10.7 Å². The third kappa shape index (κ3) is 1.93. The number of nitrogens with zero attached hydrogens (tertiary/aromatic N) is 1. The topological polar surface area (TPSA) is 62.8 Å². The average molecular weight is 211 g/mol. The fourth-order valence-electron chi connectivity index (χ4n) is 1.56. The van der Waals surface area contributed by atoms with Crippen molar-refractivity contribution in [3.63, 3.8) is 0 Å². The molecule has 1 aromatic carbocycles. The number of aromatic nitrogens is 1. The molecule has 0 amide bonds. The van der Waals surface area contributed by atoms with E-state index in [0.29, 0.717) is 11.4 Å². The van der Waals surface area contributed by atoms with Crippen LogP contribution in [0.4, 0.5) is 5.69 Å². The first kappa shape index (κ1) is 10.4.